The number of hydrogen-bond donors (Lipinski definition) is 1. The summed E-state index contributed by atoms with van der Waals surface area (Å²) in [6, 6.07) is 0.446. The van der Waals surface area contributed by atoms with Gasteiger partial charge in [-0.25, -0.2) is 0 Å². The third-order valence-corrected chi connectivity index (χ3v) is 4.34. The Kier molecular flexibility index (Phi) is 5.89. The Balaban J connectivity index is 1.57. The first kappa shape index (κ1) is 14.3. The van der Waals surface area contributed by atoms with E-state index in [1.54, 1.807) is 0 Å². The maximum absolute atomic E-state index is 5.93. The molecule has 18 heavy (non-hydrogen) atoms. The molecular formula is C14H29N3O. The van der Waals surface area contributed by atoms with Crippen LogP contribution in [0.3, 0.4) is 0 Å². The Morgan fingerprint density at radius 2 is 1.83 bits per heavy atom. The lowest BCUT2D eigenvalue weighted by Gasteiger charge is -2.32. The van der Waals surface area contributed by atoms with Crippen molar-refractivity contribution in [1.82, 2.24) is 9.80 Å². The molecule has 4 nitrogen and oxygen atoms in total. The van der Waals surface area contributed by atoms with Gasteiger partial charge in [0, 0.05) is 38.9 Å². The van der Waals surface area contributed by atoms with Crippen LogP contribution in [0.5, 0.6) is 0 Å². The van der Waals surface area contributed by atoms with Gasteiger partial charge in [-0.3, -0.25) is 0 Å². The Hall–Kier alpha value is -0.160. The van der Waals surface area contributed by atoms with Gasteiger partial charge in [0.05, 0.1) is 0 Å². The summed E-state index contributed by atoms with van der Waals surface area (Å²) in [5, 5.41) is 0. The minimum absolute atomic E-state index is 0.446. The van der Waals surface area contributed by atoms with E-state index >= 15 is 0 Å². The molecule has 2 rings (SSSR count). The van der Waals surface area contributed by atoms with Gasteiger partial charge in [0.1, 0.15) is 0 Å². The number of hydrogen-bond acceptors (Lipinski definition) is 4. The van der Waals surface area contributed by atoms with Crippen LogP contribution in [-0.2, 0) is 4.74 Å². The van der Waals surface area contributed by atoms with E-state index in [2.05, 4.69) is 16.8 Å². The molecule has 0 aromatic carbocycles. The molecule has 2 heterocycles. The first-order chi connectivity index (χ1) is 8.74. The van der Waals surface area contributed by atoms with Crippen LogP contribution in [0.1, 0.15) is 25.7 Å². The zero-order valence-corrected chi connectivity index (χ0v) is 11.8. The van der Waals surface area contributed by atoms with Crippen molar-refractivity contribution in [2.45, 2.75) is 31.7 Å². The van der Waals surface area contributed by atoms with Gasteiger partial charge in [0.2, 0.25) is 0 Å². The van der Waals surface area contributed by atoms with Crippen LogP contribution < -0.4 is 5.73 Å². The van der Waals surface area contributed by atoms with Crippen LogP contribution in [-0.4, -0.2) is 68.8 Å². The summed E-state index contributed by atoms with van der Waals surface area (Å²) in [6.45, 7) is 7.92. The fourth-order valence-electron chi connectivity index (χ4n) is 2.95. The first-order valence-electron chi connectivity index (χ1n) is 7.48. The monoisotopic (exact) mass is 255 g/mol. The van der Waals surface area contributed by atoms with E-state index in [0.29, 0.717) is 6.04 Å². The third-order valence-electron chi connectivity index (χ3n) is 4.34. The van der Waals surface area contributed by atoms with Gasteiger partial charge in [-0.15, -0.1) is 0 Å². The average Bonchev–Trinajstić information content (AvgIpc) is 2.39. The van der Waals surface area contributed by atoms with Crippen LogP contribution in [0.15, 0.2) is 0 Å². The Bertz CT molecular complexity index is 223. The lowest BCUT2D eigenvalue weighted by molar-refractivity contribution is 0.0542. The molecule has 2 saturated heterocycles. The molecule has 2 N–H and O–H groups in total. The van der Waals surface area contributed by atoms with Crippen LogP contribution in [0.2, 0.25) is 0 Å². The van der Waals surface area contributed by atoms with Crippen molar-refractivity contribution < 1.29 is 4.74 Å². The molecule has 2 fully saturated rings. The van der Waals surface area contributed by atoms with Crippen molar-refractivity contribution in [2.24, 2.45) is 11.7 Å². The van der Waals surface area contributed by atoms with Crippen molar-refractivity contribution in [2.75, 3.05) is 53.0 Å². The van der Waals surface area contributed by atoms with Gasteiger partial charge in [-0.1, -0.05) is 0 Å². The van der Waals surface area contributed by atoms with Gasteiger partial charge < -0.3 is 20.3 Å². The number of likely N-dealkylation sites (tertiary alicyclic amines) is 1. The predicted octanol–water partition coefficient (Wildman–Crippen LogP) is 0.768. The fraction of sp³-hybridized carbons (Fsp3) is 1.00. The highest BCUT2D eigenvalue weighted by Gasteiger charge is 2.18. The van der Waals surface area contributed by atoms with E-state index in [-0.39, 0.29) is 0 Å². The van der Waals surface area contributed by atoms with Gasteiger partial charge >= 0.3 is 0 Å². The molecule has 0 spiro atoms. The highest BCUT2D eigenvalue weighted by Crippen LogP contribution is 2.15. The average molecular weight is 255 g/mol. The van der Waals surface area contributed by atoms with E-state index in [0.717, 1.165) is 19.1 Å². The second-order valence-corrected chi connectivity index (χ2v) is 6.00. The molecular weight excluding hydrogens is 226 g/mol. The van der Waals surface area contributed by atoms with Crippen LogP contribution in [0, 0.1) is 5.92 Å². The fourth-order valence-corrected chi connectivity index (χ4v) is 2.95. The van der Waals surface area contributed by atoms with Crippen LogP contribution in [0.4, 0.5) is 0 Å². The van der Waals surface area contributed by atoms with E-state index in [1.165, 1.54) is 58.4 Å². The summed E-state index contributed by atoms with van der Waals surface area (Å²) < 4.78 is 5.41. The zero-order chi connectivity index (χ0) is 12.8. The number of piperidine rings is 1. The van der Waals surface area contributed by atoms with Crippen molar-refractivity contribution in [3.63, 3.8) is 0 Å². The first-order valence-corrected chi connectivity index (χ1v) is 7.48. The highest BCUT2D eigenvalue weighted by atomic mass is 16.5. The molecule has 2 aliphatic heterocycles. The molecule has 0 unspecified atom stereocenters. The molecule has 0 bridgehead atoms. The topological polar surface area (TPSA) is 41.7 Å². The summed E-state index contributed by atoms with van der Waals surface area (Å²) in [5.41, 5.74) is 5.93. The molecule has 0 aliphatic carbocycles. The highest BCUT2D eigenvalue weighted by molar-refractivity contribution is 4.75. The maximum atomic E-state index is 5.93. The van der Waals surface area contributed by atoms with Gasteiger partial charge in [-0.2, -0.15) is 0 Å². The number of rotatable bonds is 5. The largest absolute Gasteiger partial charge is 0.381 e. The third kappa shape index (κ3) is 4.84. The number of nitrogens with zero attached hydrogens (tertiary/aromatic N) is 2. The summed E-state index contributed by atoms with van der Waals surface area (Å²) in [7, 11) is 2.26. The minimum Gasteiger partial charge on any atom is -0.381 e. The molecule has 0 amide bonds. The van der Waals surface area contributed by atoms with Gasteiger partial charge in [-0.05, 0) is 51.7 Å². The summed E-state index contributed by atoms with van der Waals surface area (Å²) in [4.78, 5) is 5.05. The van der Waals surface area contributed by atoms with E-state index < -0.39 is 0 Å². The lowest BCUT2D eigenvalue weighted by atomic mass is 10.00. The molecule has 4 heteroatoms. The van der Waals surface area contributed by atoms with Gasteiger partial charge in [0.25, 0.3) is 0 Å². The SMILES string of the molecule is CN(CCN1CCC(N)CC1)CC1CCOCC1. The molecule has 0 radical (unpaired) electrons. The van der Waals surface area contributed by atoms with E-state index in [9.17, 15) is 0 Å². The lowest BCUT2D eigenvalue weighted by Crippen LogP contribution is -2.43. The number of ether oxygens (including phenoxy) is 1. The van der Waals surface area contributed by atoms with Crippen LogP contribution >= 0.6 is 0 Å². The minimum atomic E-state index is 0.446. The Morgan fingerprint density at radius 1 is 1.17 bits per heavy atom. The maximum Gasteiger partial charge on any atom is 0.0469 e. The number of likely N-dealkylation sites (N-methyl/N-ethyl adjacent to an activating group) is 1. The summed E-state index contributed by atoms with van der Waals surface area (Å²) in [5.74, 6) is 0.846. The summed E-state index contributed by atoms with van der Waals surface area (Å²) in [6.07, 6.45) is 4.82. The molecule has 0 aromatic rings. The van der Waals surface area contributed by atoms with E-state index in [4.69, 9.17) is 10.5 Å². The van der Waals surface area contributed by atoms with E-state index in [1.807, 2.05) is 0 Å². The standard InChI is InChI=1S/C14H29N3O/c1-16(12-13-4-10-18-11-5-13)8-9-17-6-2-14(15)3-7-17/h13-14H,2-12,15H2,1H3. The molecule has 2 aliphatic rings. The second-order valence-electron chi connectivity index (χ2n) is 6.00. The molecule has 0 saturated carbocycles. The number of nitrogens with two attached hydrogens (primary N) is 1. The van der Waals surface area contributed by atoms with Crippen molar-refractivity contribution in [3.05, 3.63) is 0 Å². The Labute approximate surface area is 111 Å². The molecule has 0 atom stereocenters. The Morgan fingerprint density at radius 3 is 2.50 bits per heavy atom. The molecule has 106 valence electrons. The zero-order valence-electron chi connectivity index (χ0n) is 11.8. The van der Waals surface area contributed by atoms with Crippen molar-refractivity contribution in [3.8, 4) is 0 Å². The molecule has 0 aromatic heterocycles. The summed E-state index contributed by atoms with van der Waals surface area (Å²) >= 11 is 0. The van der Waals surface area contributed by atoms with Crippen molar-refractivity contribution >= 4 is 0 Å². The van der Waals surface area contributed by atoms with Gasteiger partial charge in [0.15, 0.2) is 0 Å². The van der Waals surface area contributed by atoms with Crippen LogP contribution in [0.25, 0.3) is 0 Å². The quantitative estimate of drug-likeness (QED) is 0.788. The normalized spacial score (nSPS) is 24.8. The smallest absolute Gasteiger partial charge is 0.0469 e. The predicted molar refractivity (Wildman–Crippen MR) is 74.7 cm³/mol. The second kappa shape index (κ2) is 7.43. The van der Waals surface area contributed by atoms with Crippen molar-refractivity contribution in [1.29, 1.82) is 0 Å².